The van der Waals surface area contributed by atoms with Gasteiger partial charge in [0, 0.05) is 19.3 Å². The summed E-state index contributed by atoms with van der Waals surface area (Å²) in [6, 6.07) is 3.79. The lowest BCUT2D eigenvalue weighted by Gasteiger charge is -2.26. The highest BCUT2D eigenvalue weighted by atomic mass is 32.2. The van der Waals surface area contributed by atoms with Gasteiger partial charge in [-0.3, -0.25) is 9.59 Å². The molecule has 6 amide bonds. The third-order valence-corrected chi connectivity index (χ3v) is 8.41. The molecule has 2 fully saturated rings. The van der Waals surface area contributed by atoms with Crippen molar-refractivity contribution in [3.63, 3.8) is 0 Å². The smallest absolute Gasteiger partial charge is 0.311 e. The minimum atomic E-state index is -5.11. The van der Waals surface area contributed by atoms with Crippen molar-refractivity contribution in [3.8, 4) is 6.07 Å². The van der Waals surface area contributed by atoms with Crippen LogP contribution in [0.1, 0.15) is 30.5 Å². The first-order valence-electron chi connectivity index (χ1n) is 13.1. The van der Waals surface area contributed by atoms with Crippen molar-refractivity contribution in [2.75, 3.05) is 35.7 Å². The topological polar surface area (TPSA) is 139 Å². The highest BCUT2D eigenvalue weighted by Crippen LogP contribution is 2.39. The van der Waals surface area contributed by atoms with Gasteiger partial charge in [0.1, 0.15) is 12.1 Å². The van der Waals surface area contributed by atoms with E-state index in [1.165, 1.54) is 32.1 Å². The van der Waals surface area contributed by atoms with Crippen LogP contribution in [-0.2, 0) is 31.8 Å². The number of carbonyl (C=O) groups is 4. The number of amides is 6. The van der Waals surface area contributed by atoms with Gasteiger partial charge in [0.25, 0.3) is 11.8 Å². The predicted octanol–water partition coefficient (Wildman–Crippen LogP) is 4.57. The highest BCUT2D eigenvalue weighted by molar-refractivity contribution is 7.90. The lowest BCUT2D eigenvalue weighted by atomic mass is 10.0. The Kier molecular flexibility index (Phi) is 8.46. The maximum atomic E-state index is 13.6. The molecule has 0 bridgehead atoms. The van der Waals surface area contributed by atoms with Crippen LogP contribution in [-0.4, -0.2) is 73.5 Å². The molecule has 2 saturated heterocycles. The van der Waals surface area contributed by atoms with Gasteiger partial charge in [-0.2, -0.15) is 31.6 Å². The van der Waals surface area contributed by atoms with Crippen LogP contribution in [0, 0.1) is 11.3 Å². The molecule has 18 heteroatoms. The number of nitriles is 1. The minimum absolute atomic E-state index is 0.265. The number of halogens is 6. The van der Waals surface area contributed by atoms with Crippen LogP contribution in [0.25, 0.3) is 0 Å². The molecule has 2 aromatic rings. The van der Waals surface area contributed by atoms with Gasteiger partial charge in [0.15, 0.2) is 9.84 Å². The van der Waals surface area contributed by atoms with Crippen molar-refractivity contribution in [2.45, 2.75) is 36.6 Å². The third-order valence-electron chi connectivity index (χ3n) is 7.25. The van der Waals surface area contributed by atoms with Gasteiger partial charge in [0.2, 0.25) is 0 Å². The van der Waals surface area contributed by atoms with Crippen LogP contribution in [0.5, 0.6) is 0 Å². The van der Waals surface area contributed by atoms with Crippen LogP contribution in [0.15, 0.2) is 53.4 Å². The SMILES string of the molecule is CC1(C)C(=O)N(c2ccc(C#N)c(C(F)(F)F)c2)C(=O)N1C/C=C\CN1CC(=O)N(c2ccc(S(C)(=O)=O)c(C(F)(F)F)c2)C1=O. The fourth-order valence-corrected chi connectivity index (χ4v) is 5.79. The molecule has 0 aliphatic carbocycles. The molecular weight excluding hydrogens is 648 g/mol. The molecule has 2 aromatic carbocycles. The Balaban J connectivity index is 1.50. The zero-order chi connectivity index (χ0) is 34.6. The summed E-state index contributed by atoms with van der Waals surface area (Å²) in [6.07, 6.45) is -6.78. The lowest BCUT2D eigenvalue weighted by Crippen LogP contribution is -2.44. The van der Waals surface area contributed by atoms with E-state index in [1.807, 2.05) is 0 Å². The average Bonchev–Trinajstić information content (AvgIpc) is 3.31. The molecule has 2 aliphatic rings. The van der Waals surface area contributed by atoms with Crippen LogP contribution >= 0.6 is 0 Å². The summed E-state index contributed by atoms with van der Waals surface area (Å²) in [5.74, 6) is -1.74. The molecule has 0 radical (unpaired) electrons. The monoisotopic (exact) mass is 671 g/mol. The minimum Gasteiger partial charge on any atom is -0.311 e. The van der Waals surface area contributed by atoms with E-state index in [0.717, 1.165) is 28.0 Å². The second kappa shape index (κ2) is 11.5. The number of imide groups is 2. The number of nitrogens with zero attached hydrogens (tertiary/aromatic N) is 5. The number of carbonyl (C=O) groups excluding carboxylic acids is 4. The summed E-state index contributed by atoms with van der Waals surface area (Å²) in [4.78, 5) is 53.8. The molecule has 0 atom stereocenters. The Morgan fingerprint density at radius 1 is 0.848 bits per heavy atom. The van der Waals surface area contributed by atoms with Crippen molar-refractivity contribution < 1.29 is 53.9 Å². The zero-order valence-corrected chi connectivity index (χ0v) is 24.9. The van der Waals surface area contributed by atoms with Gasteiger partial charge in [0.05, 0.1) is 39.0 Å². The Morgan fingerprint density at radius 3 is 1.96 bits per heavy atom. The Hall–Kier alpha value is -4.92. The van der Waals surface area contributed by atoms with Crippen molar-refractivity contribution in [2.24, 2.45) is 0 Å². The first-order chi connectivity index (χ1) is 21.1. The molecule has 11 nitrogen and oxygen atoms in total. The van der Waals surface area contributed by atoms with Crippen molar-refractivity contribution in [3.05, 3.63) is 65.2 Å². The number of hydrogen-bond donors (Lipinski definition) is 0. The van der Waals surface area contributed by atoms with Crippen LogP contribution in [0.4, 0.5) is 47.3 Å². The first-order valence-corrected chi connectivity index (χ1v) is 15.0. The number of urea groups is 2. The van der Waals surface area contributed by atoms with E-state index >= 15 is 0 Å². The number of rotatable bonds is 7. The molecular formula is C28H23F6N5O6S. The summed E-state index contributed by atoms with van der Waals surface area (Å²) in [6.45, 7) is 1.65. The van der Waals surface area contributed by atoms with Crippen LogP contribution in [0.3, 0.4) is 0 Å². The average molecular weight is 672 g/mol. The fourth-order valence-electron chi connectivity index (χ4n) is 4.90. The molecule has 0 spiro atoms. The molecule has 0 saturated carbocycles. The summed E-state index contributed by atoms with van der Waals surface area (Å²) in [5.41, 5.74) is -6.01. The molecule has 2 aliphatic heterocycles. The molecule has 0 unspecified atom stereocenters. The van der Waals surface area contributed by atoms with Crippen LogP contribution in [0.2, 0.25) is 0 Å². The Morgan fingerprint density at radius 2 is 1.39 bits per heavy atom. The van der Waals surface area contributed by atoms with E-state index in [9.17, 15) is 53.9 Å². The third kappa shape index (κ3) is 6.14. The number of alkyl halides is 6. The normalized spacial score (nSPS) is 17.6. The maximum absolute atomic E-state index is 13.6. The molecule has 4 rings (SSSR count). The van der Waals surface area contributed by atoms with Gasteiger partial charge in [-0.15, -0.1) is 0 Å². The van der Waals surface area contributed by atoms with Crippen LogP contribution < -0.4 is 9.80 Å². The van der Waals surface area contributed by atoms with Gasteiger partial charge in [-0.1, -0.05) is 12.2 Å². The van der Waals surface area contributed by atoms with Gasteiger partial charge < -0.3 is 9.80 Å². The highest BCUT2D eigenvalue weighted by Gasteiger charge is 2.52. The van der Waals surface area contributed by atoms with Gasteiger partial charge in [-0.25, -0.2) is 27.8 Å². The van der Waals surface area contributed by atoms with Crippen molar-refractivity contribution in [1.82, 2.24) is 9.80 Å². The molecule has 0 aromatic heterocycles. The second-order valence-corrected chi connectivity index (χ2v) is 12.7. The van der Waals surface area contributed by atoms with E-state index < -0.39 is 91.1 Å². The maximum Gasteiger partial charge on any atom is 0.417 e. The Bertz CT molecular complexity index is 1830. The number of sulfone groups is 1. The van der Waals surface area contributed by atoms with E-state index in [2.05, 4.69) is 0 Å². The van der Waals surface area contributed by atoms with E-state index in [4.69, 9.17) is 5.26 Å². The first kappa shape index (κ1) is 34.0. The van der Waals surface area contributed by atoms with E-state index in [-0.39, 0.29) is 13.1 Å². The molecule has 244 valence electrons. The molecule has 46 heavy (non-hydrogen) atoms. The van der Waals surface area contributed by atoms with E-state index in [0.29, 0.717) is 34.3 Å². The Labute approximate surface area is 257 Å². The summed E-state index contributed by atoms with van der Waals surface area (Å²) in [5, 5.41) is 9.03. The zero-order valence-electron chi connectivity index (χ0n) is 24.1. The summed E-state index contributed by atoms with van der Waals surface area (Å²) < 4.78 is 105. The lowest BCUT2D eigenvalue weighted by molar-refractivity contribution is -0.140. The van der Waals surface area contributed by atoms with Crippen molar-refractivity contribution >= 4 is 45.1 Å². The number of anilines is 2. The second-order valence-electron chi connectivity index (χ2n) is 10.7. The number of hydrogen-bond acceptors (Lipinski definition) is 7. The fraction of sp³-hybridized carbons (Fsp3) is 0.321. The largest absolute Gasteiger partial charge is 0.417 e. The standard InChI is InChI=1S/C28H23F6N5O6S/c1-26(2)23(41)39(18-7-6-16(14-35)19(12-18)27(29,30)31)25(43)37(26)11-5-4-10-36-15-22(40)38(24(36)42)17-8-9-21(46(3,44)45)20(13-17)28(32,33)34/h4-9,12-13H,10-11,15H2,1-3H3/b5-4-. The van der Waals surface area contributed by atoms with E-state index in [1.54, 1.807) is 0 Å². The molecule has 0 N–H and O–H groups in total. The van der Waals surface area contributed by atoms with Crippen molar-refractivity contribution in [1.29, 1.82) is 5.26 Å². The quantitative estimate of drug-likeness (QED) is 0.239. The van der Waals surface area contributed by atoms with Gasteiger partial charge in [-0.05, 0) is 50.2 Å². The molecule has 2 heterocycles. The van der Waals surface area contributed by atoms with Gasteiger partial charge >= 0.3 is 24.4 Å². The summed E-state index contributed by atoms with van der Waals surface area (Å²) in [7, 11) is -4.30. The summed E-state index contributed by atoms with van der Waals surface area (Å²) >= 11 is 0. The predicted molar refractivity (Wildman–Crippen MR) is 148 cm³/mol. The number of benzene rings is 2.